The molecule has 0 radical (unpaired) electrons. The topological polar surface area (TPSA) is 43.4 Å². The molecule has 2 aromatic carbocycles. The third-order valence-electron chi connectivity index (χ3n) is 2.66. The Morgan fingerprint density at radius 1 is 1.11 bits per heavy atom. The van der Waals surface area contributed by atoms with E-state index in [2.05, 4.69) is 0 Å². The summed E-state index contributed by atoms with van der Waals surface area (Å²) in [5, 5.41) is 0. The summed E-state index contributed by atoms with van der Waals surface area (Å²) in [6.07, 6.45) is 0. The first kappa shape index (κ1) is 13.5. The van der Waals surface area contributed by atoms with Crippen LogP contribution in [-0.2, 0) is 15.6 Å². The van der Waals surface area contributed by atoms with Gasteiger partial charge in [-0.1, -0.05) is 12.1 Å². The van der Waals surface area contributed by atoms with Crippen molar-refractivity contribution in [3.8, 4) is 5.75 Å². The van der Waals surface area contributed by atoms with Crippen molar-refractivity contribution in [1.82, 2.24) is 0 Å². The minimum atomic E-state index is -3.48. The lowest BCUT2D eigenvalue weighted by Crippen LogP contribution is -2.05. The maximum atomic E-state index is 12.8. The van der Waals surface area contributed by atoms with Crippen molar-refractivity contribution in [3.05, 3.63) is 59.9 Å². The van der Waals surface area contributed by atoms with Crippen LogP contribution < -0.4 is 4.74 Å². The van der Waals surface area contributed by atoms with Crippen LogP contribution >= 0.6 is 0 Å². The monoisotopic (exact) mass is 280 g/mol. The molecule has 0 saturated heterocycles. The molecule has 0 N–H and O–H groups in total. The molecule has 2 aromatic rings. The van der Waals surface area contributed by atoms with Crippen molar-refractivity contribution in [2.75, 3.05) is 7.11 Å². The van der Waals surface area contributed by atoms with E-state index in [1.807, 2.05) is 0 Å². The van der Waals surface area contributed by atoms with Gasteiger partial charge in [0.05, 0.1) is 17.8 Å². The Morgan fingerprint density at radius 3 is 2.42 bits per heavy atom. The second-order valence-corrected chi connectivity index (χ2v) is 6.05. The molecule has 0 bridgehead atoms. The first-order valence-corrected chi connectivity index (χ1v) is 7.28. The van der Waals surface area contributed by atoms with Gasteiger partial charge >= 0.3 is 0 Å². The highest BCUT2D eigenvalue weighted by atomic mass is 32.2. The number of ether oxygens (including phenoxy) is 1. The number of halogens is 1. The second-order valence-electron chi connectivity index (χ2n) is 4.06. The van der Waals surface area contributed by atoms with Gasteiger partial charge in [0.1, 0.15) is 11.6 Å². The van der Waals surface area contributed by atoms with Crippen LogP contribution in [0.2, 0.25) is 0 Å². The molecule has 0 heterocycles. The summed E-state index contributed by atoms with van der Waals surface area (Å²) in [6.45, 7) is 0. The van der Waals surface area contributed by atoms with E-state index >= 15 is 0 Å². The lowest BCUT2D eigenvalue weighted by atomic mass is 10.2. The summed E-state index contributed by atoms with van der Waals surface area (Å²) in [4.78, 5) is 0.108. The Hall–Kier alpha value is -1.88. The van der Waals surface area contributed by atoms with Crippen molar-refractivity contribution in [1.29, 1.82) is 0 Å². The second kappa shape index (κ2) is 5.40. The van der Waals surface area contributed by atoms with E-state index in [1.54, 1.807) is 24.3 Å². The molecule has 0 aromatic heterocycles. The van der Waals surface area contributed by atoms with E-state index in [0.717, 1.165) is 12.1 Å². The van der Waals surface area contributed by atoms with E-state index in [0.29, 0.717) is 11.3 Å². The van der Waals surface area contributed by atoms with Gasteiger partial charge in [-0.05, 0) is 42.0 Å². The van der Waals surface area contributed by atoms with Crippen molar-refractivity contribution in [2.45, 2.75) is 10.6 Å². The molecule has 19 heavy (non-hydrogen) atoms. The zero-order chi connectivity index (χ0) is 13.9. The van der Waals surface area contributed by atoms with E-state index in [1.165, 1.54) is 19.2 Å². The van der Waals surface area contributed by atoms with E-state index in [9.17, 15) is 12.8 Å². The first-order valence-electron chi connectivity index (χ1n) is 5.62. The molecule has 2 rings (SSSR count). The van der Waals surface area contributed by atoms with Crippen LogP contribution in [0, 0.1) is 5.82 Å². The van der Waals surface area contributed by atoms with Crippen molar-refractivity contribution < 1.29 is 17.5 Å². The van der Waals surface area contributed by atoms with Gasteiger partial charge in [-0.25, -0.2) is 12.8 Å². The Balaban J connectivity index is 2.28. The van der Waals surface area contributed by atoms with Gasteiger partial charge in [-0.2, -0.15) is 0 Å². The minimum Gasteiger partial charge on any atom is -0.497 e. The number of benzene rings is 2. The van der Waals surface area contributed by atoms with Crippen molar-refractivity contribution >= 4 is 9.84 Å². The number of methoxy groups -OCH3 is 1. The molecular formula is C14H13FO3S. The van der Waals surface area contributed by atoms with Crippen LogP contribution in [-0.4, -0.2) is 15.5 Å². The Bertz CT molecular complexity index is 663. The average molecular weight is 280 g/mol. The van der Waals surface area contributed by atoms with Crippen LogP contribution in [0.25, 0.3) is 0 Å². The predicted octanol–water partition coefficient (Wildman–Crippen LogP) is 2.81. The summed E-state index contributed by atoms with van der Waals surface area (Å²) in [5.74, 6) is 0.00247. The standard InChI is InChI=1S/C14H13FO3S/c1-18-13-4-2-3-11(9-13)10-19(16,17)14-7-5-12(15)6-8-14/h2-9H,10H2,1H3. The fraction of sp³-hybridized carbons (Fsp3) is 0.143. The number of hydrogen-bond acceptors (Lipinski definition) is 3. The summed E-state index contributed by atoms with van der Waals surface area (Å²) < 4.78 is 42.1. The Kier molecular flexibility index (Phi) is 3.85. The highest BCUT2D eigenvalue weighted by Gasteiger charge is 2.15. The van der Waals surface area contributed by atoms with E-state index in [-0.39, 0.29) is 10.6 Å². The van der Waals surface area contributed by atoms with Crippen LogP contribution in [0.5, 0.6) is 5.75 Å². The number of rotatable bonds is 4. The summed E-state index contributed by atoms with van der Waals surface area (Å²) >= 11 is 0. The number of hydrogen-bond donors (Lipinski definition) is 0. The van der Waals surface area contributed by atoms with Crippen LogP contribution in [0.3, 0.4) is 0 Å². The van der Waals surface area contributed by atoms with Crippen LogP contribution in [0.1, 0.15) is 5.56 Å². The normalized spacial score (nSPS) is 11.3. The van der Waals surface area contributed by atoms with E-state index in [4.69, 9.17) is 4.74 Å². The predicted molar refractivity (Wildman–Crippen MR) is 70.3 cm³/mol. The molecule has 3 nitrogen and oxygen atoms in total. The molecule has 0 aliphatic rings. The zero-order valence-corrected chi connectivity index (χ0v) is 11.2. The number of sulfone groups is 1. The Morgan fingerprint density at radius 2 is 1.79 bits per heavy atom. The highest BCUT2D eigenvalue weighted by molar-refractivity contribution is 7.90. The minimum absolute atomic E-state index is 0.108. The van der Waals surface area contributed by atoms with Gasteiger partial charge in [0, 0.05) is 0 Å². The molecule has 0 amide bonds. The maximum Gasteiger partial charge on any atom is 0.182 e. The molecule has 0 unspecified atom stereocenters. The third kappa shape index (κ3) is 3.32. The quantitative estimate of drug-likeness (QED) is 0.809. The highest BCUT2D eigenvalue weighted by Crippen LogP contribution is 2.19. The maximum absolute atomic E-state index is 12.8. The van der Waals surface area contributed by atoms with Gasteiger partial charge in [0.15, 0.2) is 9.84 Å². The smallest absolute Gasteiger partial charge is 0.182 e. The molecule has 100 valence electrons. The van der Waals surface area contributed by atoms with Gasteiger partial charge in [0.25, 0.3) is 0 Å². The lowest BCUT2D eigenvalue weighted by molar-refractivity contribution is 0.414. The van der Waals surface area contributed by atoms with Crippen molar-refractivity contribution in [2.24, 2.45) is 0 Å². The average Bonchev–Trinajstić information content (AvgIpc) is 2.39. The lowest BCUT2D eigenvalue weighted by Gasteiger charge is -2.06. The van der Waals surface area contributed by atoms with Crippen molar-refractivity contribution in [3.63, 3.8) is 0 Å². The molecule has 0 fully saturated rings. The van der Waals surface area contributed by atoms with Gasteiger partial charge < -0.3 is 4.74 Å². The molecule has 0 spiro atoms. The first-order chi connectivity index (χ1) is 9.01. The van der Waals surface area contributed by atoms with E-state index < -0.39 is 15.7 Å². The summed E-state index contributed by atoms with van der Waals surface area (Å²) in [7, 11) is -1.96. The Labute approximate surface area is 111 Å². The van der Waals surface area contributed by atoms with Crippen LogP contribution in [0.4, 0.5) is 4.39 Å². The fourth-order valence-electron chi connectivity index (χ4n) is 1.71. The van der Waals surface area contributed by atoms with Gasteiger partial charge in [-0.3, -0.25) is 0 Å². The molecule has 0 atom stereocenters. The largest absolute Gasteiger partial charge is 0.497 e. The SMILES string of the molecule is COc1cccc(CS(=O)(=O)c2ccc(F)cc2)c1. The molecule has 0 saturated carbocycles. The molecule has 5 heteroatoms. The van der Waals surface area contributed by atoms with Gasteiger partial charge in [0.2, 0.25) is 0 Å². The van der Waals surface area contributed by atoms with Gasteiger partial charge in [-0.15, -0.1) is 0 Å². The fourth-order valence-corrected chi connectivity index (χ4v) is 3.04. The molecular weight excluding hydrogens is 267 g/mol. The zero-order valence-electron chi connectivity index (χ0n) is 10.3. The summed E-state index contributed by atoms with van der Waals surface area (Å²) in [6, 6.07) is 11.7. The summed E-state index contributed by atoms with van der Waals surface area (Å²) in [5.41, 5.74) is 0.628. The molecule has 0 aliphatic carbocycles. The molecule has 0 aliphatic heterocycles. The third-order valence-corrected chi connectivity index (χ3v) is 4.37. The van der Waals surface area contributed by atoms with Crippen LogP contribution in [0.15, 0.2) is 53.4 Å².